The molecule has 1 aliphatic rings. The van der Waals surface area contributed by atoms with Crippen LogP contribution in [-0.4, -0.2) is 15.9 Å². The molecule has 0 bridgehead atoms. The topological polar surface area (TPSA) is 29.3 Å². The van der Waals surface area contributed by atoms with Crippen LogP contribution >= 0.6 is 0 Å². The maximum Gasteiger partial charge on any atom is 0.137 e. The molecule has 2 heterocycles. The summed E-state index contributed by atoms with van der Waals surface area (Å²) in [7, 11) is 0. The van der Waals surface area contributed by atoms with E-state index in [9.17, 15) is 0 Å². The minimum atomic E-state index is 0.569. The summed E-state index contributed by atoms with van der Waals surface area (Å²) >= 11 is 0. The average Bonchev–Trinajstić information content (AvgIpc) is 3.03. The van der Waals surface area contributed by atoms with E-state index in [0.29, 0.717) is 5.41 Å². The number of nitrogens with one attached hydrogen (secondary N) is 1. The van der Waals surface area contributed by atoms with Gasteiger partial charge in [-0.2, -0.15) is 0 Å². The second kappa shape index (κ2) is 4.39. The number of aromatic nitrogens is 2. The molecule has 3 heteroatoms. The van der Waals surface area contributed by atoms with E-state index >= 15 is 0 Å². The first-order valence-corrected chi connectivity index (χ1v) is 6.83. The molecule has 1 aliphatic carbocycles. The van der Waals surface area contributed by atoms with Crippen LogP contribution in [0.15, 0.2) is 30.6 Å². The molecule has 18 heavy (non-hydrogen) atoms. The number of hydrogen-bond donors (Lipinski definition) is 1. The highest BCUT2D eigenvalue weighted by atomic mass is 15.0. The number of pyridine rings is 1. The molecule has 3 nitrogen and oxygen atoms in total. The van der Waals surface area contributed by atoms with E-state index in [1.165, 1.54) is 12.8 Å². The minimum absolute atomic E-state index is 0.569. The van der Waals surface area contributed by atoms with Crippen LogP contribution < -0.4 is 5.32 Å². The SMILES string of the molecule is CC(C)C1(CNCc2cn3ccccc3n2)CC1. The molecule has 0 saturated heterocycles. The Kier molecular flexibility index (Phi) is 2.86. The standard InChI is InChI=1S/C15H21N3/c1-12(2)15(6-7-15)11-16-9-13-10-18-8-4-3-5-14(18)17-13/h3-5,8,10,12,16H,6-7,9,11H2,1-2H3. The lowest BCUT2D eigenvalue weighted by Crippen LogP contribution is -2.27. The van der Waals surface area contributed by atoms with Gasteiger partial charge in [0.25, 0.3) is 0 Å². The molecule has 0 amide bonds. The van der Waals surface area contributed by atoms with Crippen molar-refractivity contribution in [3.05, 3.63) is 36.3 Å². The highest BCUT2D eigenvalue weighted by Crippen LogP contribution is 2.51. The Labute approximate surface area is 108 Å². The van der Waals surface area contributed by atoms with Crippen molar-refractivity contribution in [3.63, 3.8) is 0 Å². The van der Waals surface area contributed by atoms with E-state index in [1.54, 1.807) is 0 Å². The van der Waals surface area contributed by atoms with E-state index in [1.807, 2.05) is 24.4 Å². The van der Waals surface area contributed by atoms with Crippen molar-refractivity contribution in [2.75, 3.05) is 6.54 Å². The Morgan fingerprint density at radius 3 is 2.89 bits per heavy atom. The zero-order valence-corrected chi connectivity index (χ0v) is 11.2. The van der Waals surface area contributed by atoms with Crippen LogP contribution in [-0.2, 0) is 6.54 Å². The van der Waals surface area contributed by atoms with Gasteiger partial charge < -0.3 is 9.72 Å². The maximum atomic E-state index is 4.60. The Balaban J connectivity index is 1.60. The van der Waals surface area contributed by atoms with Crippen molar-refractivity contribution in [2.45, 2.75) is 33.2 Å². The maximum absolute atomic E-state index is 4.60. The van der Waals surface area contributed by atoms with E-state index in [-0.39, 0.29) is 0 Å². The zero-order valence-electron chi connectivity index (χ0n) is 11.2. The third kappa shape index (κ3) is 2.15. The Bertz CT molecular complexity index is 504. The van der Waals surface area contributed by atoms with Crippen LogP contribution in [0, 0.1) is 11.3 Å². The minimum Gasteiger partial charge on any atom is -0.311 e. The van der Waals surface area contributed by atoms with Crippen molar-refractivity contribution < 1.29 is 0 Å². The largest absolute Gasteiger partial charge is 0.311 e. The summed E-state index contributed by atoms with van der Waals surface area (Å²) in [6.45, 7) is 6.66. The fraction of sp³-hybridized carbons (Fsp3) is 0.533. The molecule has 0 aliphatic heterocycles. The number of imidazole rings is 1. The van der Waals surface area contributed by atoms with E-state index in [2.05, 4.69) is 34.7 Å². The number of nitrogens with zero attached hydrogens (tertiary/aromatic N) is 2. The Morgan fingerprint density at radius 2 is 2.22 bits per heavy atom. The summed E-state index contributed by atoms with van der Waals surface area (Å²) < 4.78 is 2.08. The van der Waals surface area contributed by atoms with Crippen LogP contribution in [0.3, 0.4) is 0 Å². The van der Waals surface area contributed by atoms with Crippen molar-refractivity contribution >= 4 is 5.65 Å². The summed E-state index contributed by atoms with van der Waals surface area (Å²) in [4.78, 5) is 4.60. The fourth-order valence-electron chi connectivity index (χ4n) is 2.63. The van der Waals surface area contributed by atoms with Gasteiger partial charge in [0.1, 0.15) is 5.65 Å². The molecule has 0 radical (unpaired) electrons. The first-order chi connectivity index (χ1) is 8.70. The summed E-state index contributed by atoms with van der Waals surface area (Å²) in [6, 6.07) is 6.10. The summed E-state index contributed by atoms with van der Waals surface area (Å²) in [5.74, 6) is 0.783. The van der Waals surface area contributed by atoms with Gasteiger partial charge in [-0.1, -0.05) is 19.9 Å². The molecule has 96 valence electrons. The Hall–Kier alpha value is -1.35. The number of rotatable bonds is 5. The van der Waals surface area contributed by atoms with Gasteiger partial charge in [0, 0.05) is 25.5 Å². The van der Waals surface area contributed by atoms with E-state index in [0.717, 1.165) is 30.3 Å². The van der Waals surface area contributed by atoms with Crippen LogP contribution in [0.1, 0.15) is 32.4 Å². The van der Waals surface area contributed by atoms with Gasteiger partial charge in [-0.3, -0.25) is 0 Å². The molecule has 0 spiro atoms. The molecule has 2 aromatic rings. The second-order valence-electron chi connectivity index (χ2n) is 5.82. The lowest BCUT2D eigenvalue weighted by molar-refractivity contribution is 0.337. The van der Waals surface area contributed by atoms with Gasteiger partial charge in [0.05, 0.1) is 5.69 Å². The average molecular weight is 243 g/mol. The predicted molar refractivity (Wildman–Crippen MR) is 73.4 cm³/mol. The van der Waals surface area contributed by atoms with E-state index in [4.69, 9.17) is 0 Å². The van der Waals surface area contributed by atoms with Crippen LogP contribution in [0.5, 0.6) is 0 Å². The summed E-state index contributed by atoms with van der Waals surface area (Å²) in [5, 5.41) is 3.57. The summed E-state index contributed by atoms with van der Waals surface area (Å²) in [5.41, 5.74) is 2.72. The zero-order chi connectivity index (χ0) is 12.6. The molecule has 1 fully saturated rings. The molecule has 0 unspecified atom stereocenters. The number of fused-ring (bicyclic) bond motifs is 1. The second-order valence-corrected chi connectivity index (χ2v) is 5.82. The lowest BCUT2D eigenvalue weighted by Gasteiger charge is -2.19. The van der Waals surface area contributed by atoms with Gasteiger partial charge in [-0.15, -0.1) is 0 Å². The van der Waals surface area contributed by atoms with Crippen molar-refractivity contribution in [1.29, 1.82) is 0 Å². The molecule has 1 saturated carbocycles. The highest BCUT2D eigenvalue weighted by Gasteiger charge is 2.44. The molecule has 3 rings (SSSR count). The van der Waals surface area contributed by atoms with Crippen LogP contribution in [0.25, 0.3) is 5.65 Å². The lowest BCUT2D eigenvalue weighted by atomic mass is 9.92. The molecule has 0 aromatic carbocycles. The van der Waals surface area contributed by atoms with Gasteiger partial charge in [0.15, 0.2) is 0 Å². The predicted octanol–water partition coefficient (Wildman–Crippen LogP) is 2.86. The first kappa shape index (κ1) is 11.7. The fourth-order valence-corrected chi connectivity index (χ4v) is 2.63. The molecule has 1 N–H and O–H groups in total. The quantitative estimate of drug-likeness (QED) is 0.875. The number of hydrogen-bond acceptors (Lipinski definition) is 2. The third-order valence-corrected chi connectivity index (χ3v) is 4.31. The molecular weight excluding hydrogens is 222 g/mol. The highest BCUT2D eigenvalue weighted by molar-refractivity contribution is 5.39. The molecule has 0 atom stereocenters. The monoisotopic (exact) mass is 243 g/mol. The summed E-state index contributed by atoms with van der Waals surface area (Å²) in [6.07, 6.45) is 6.91. The van der Waals surface area contributed by atoms with Crippen molar-refractivity contribution in [1.82, 2.24) is 14.7 Å². The smallest absolute Gasteiger partial charge is 0.137 e. The van der Waals surface area contributed by atoms with Gasteiger partial charge in [0.2, 0.25) is 0 Å². The van der Waals surface area contributed by atoms with Crippen molar-refractivity contribution in [2.24, 2.45) is 11.3 Å². The first-order valence-electron chi connectivity index (χ1n) is 6.83. The molecular formula is C15H21N3. The van der Waals surface area contributed by atoms with Gasteiger partial charge >= 0.3 is 0 Å². The Morgan fingerprint density at radius 1 is 1.39 bits per heavy atom. The van der Waals surface area contributed by atoms with Gasteiger partial charge in [-0.05, 0) is 36.3 Å². The normalized spacial score (nSPS) is 17.5. The van der Waals surface area contributed by atoms with Crippen LogP contribution in [0.4, 0.5) is 0 Å². The van der Waals surface area contributed by atoms with E-state index < -0.39 is 0 Å². The van der Waals surface area contributed by atoms with Crippen molar-refractivity contribution in [3.8, 4) is 0 Å². The third-order valence-electron chi connectivity index (χ3n) is 4.31. The van der Waals surface area contributed by atoms with Crippen LogP contribution in [0.2, 0.25) is 0 Å². The van der Waals surface area contributed by atoms with Gasteiger partial charge in [-0.25, -0.2) is 4.98 Å². The molecule has 2 aromatic heterocycles.